The molecule has 2 saturated carbocycles. The molecule has 7 unspecified atom stereocenters. The molecule has 1 heterocycles. The highest BCUT2D eigenvalue weighted by Crippen LogP contribution is 2.52. The van der Waals surface area contributed by atoms with Gasteiger partial charge in [0.05, 0.1) is 25.7 Å². The Balaban J connectivity index is 1.40. The van der Waals surface area contributed by atoms with E-state index in [9.17, 15) is 29.0 Å². The summed E-state index contributed by atoms with van der Waals surface area (Å²) in [4.78, 5) is 41.0. The van der Waals surface area contributed by atoms with E-state index in [1.165, 1.54) is 31.7 Å². The Kier molecular flexibility index (Phi) is 8.24. The van der Waals surface area contributed by atoms with E-state index < -0.39 is 35.9 Å². The minimum atomic E-state index is -1.24. The summed E-state index contributed by atoms with van der Waals surface area (Å²) < 4.78 is 25.5. The van der Waals surface area contributed by atoms with E-state index in [1.54, 1.807) is 29.2 Å². The number of rotatable bonds is 10. The number of nitrogens with one attached hydrogen (secondary N) is 1. The molecule has 3 N–H and O–H groups in total. The molecule has 0 saturated heterocycles. The number of halogens is 1. The average Bonchev–Trinajstić information content (AvgIpc) is 3.74. The molecule has 4 aliphatic rings. The lowest BCUT2D eigenvalue weighted by atomic mass is 9.77. The number of nitrogens with zero attached hydrogens (tertiary/aromatic N) is 1. The van der Waals surface area contributed by atoms with E-state index in [-0.39, 0.29) is 37.1 Å². The monoisotopic (exact) mass is 592 g/mol. The van der Waals surface area contributed by atoms with Crippen molar-refractivity contribution >= 4 is 18.1 Å². The third kappa shape index (κ3) is 5.54. The Bertz CT molecular complexity index is 1430. The first-order valence-electron chi connectivity index (χ1n) is 15.0. The van der Waals surface area contributed by atoms with Gasteiger partial charge in [-0.25, -0.2) is 4.39 Å². The molecule has 1 aliphatic heterocycles. The van der Waals surface area contributed by atoms with Gasteiger partial charge in [0.2, 0.25) is 11.8 Å². The molecule has 2 aromatic rings. The van der Waals surface area contributed by atoms with Crippen molar-refractivity contribution in [3.63, 3.8) is 0 Å². The molecule has 3 aliphatic carbocycles. The highest BCUT2D eigenvalue weighted by Gasteiger charge is 2.52. The number of ether oxygens (including phenoxy) is 2. The molecule has 0 radical (unpaired) electrons. The molecule has 2 fully saturated rings. The van der Waals surface area contributed by atoms with Crippen molar-refractivity contribution in [1.82, 2.24) is 10.2 Å². The molecule has 10 heteroatoms. The fraction of sp³-hybridized carbons (Fsp3) is 0.485. The maximum atomic E-state index is 14.1. The van der Waals surface area contributed by atoms with Crippen LogP contribution in [-0.4, -0.2) is 71.7 Å². The number of methoxy groups -OCH3 is 1. The fourth-order valence-electron chi connectivity index (χ4n) is 7.67. The molecular weight excluding hydrogens is 555 g/mol. The Labute approximate surface area is 249 Å². The molecule has 0 spiro atoms. The summed E-state index contributed by atoms with van der Waals surface area (Å²) in [5.74, 6) is 0.296. The van der Waals surface area contributed by atoms with Crippen molar-refractivity contribution in [2.75, 3.05) is 20.3 Å². The number of aldehydes is 1. The van der Waals surface area contributed by atoms with Crippen LogP contribution >= 0.6 is 0 Å². The highest BCUT2D eigenvalue weighted by molar-refractivity contribution is 5.96. The minimum Gasteiger partial charge on any atom is -0.493 e. The van der Waals surface area contributed by atoms with Crippen LogP contribution in [0.1, 0.15) is 59.5 Å². The topological polar surface area (TPSA) is 125 Å². The van der Waals surface area contributed by atoms with Crippen LogP contribution in [0, 0.1) is 23.6 Å². The number of carbonyl (C=O) groups excluding carboxylic acids is 3. The van der Waals surface area contributed by atoms with Crippen molar-refractivity contribution in [2.24, 2.45) is 17.8 Å². The third-order valence-corrected chi connectivity index (χ3v) is 9.68. The van der Waals surface area contributed by atoms with Crippen molar-refractivity contribution in [3.8, 4) is 11.5 Å². The van der Waals surface area contributed by atoms with Crippen molar-refractivity contribution in [2.45, 2.75) is 62.8 Å². The number of aliphatic hydroxyl groups is 2. The van der Waals surface area contributed by atoms with Gasteiger partial charge in [-0.05, 0) is 72.9 Å². The van der Waals surface area contributed by atoms with Gasteiger partial charge in [0.15, 0.2) is 11.5 Å². The number of aliphatic hydroxyl groups excluding tert-OH is 2. The first-order valence-corrected chi connectivity index (χ1v) is 15.0. The van der Waals surface area contributed by atoms with Crippen LogP contribution in [0.2, 0.25) is 0 Å². The number of fused-ring (bicyclic) bond motifs is 5. The van der Waals surface area contributed by atoms with Gasteiger partial charge in [-0.1, -0.05) is 18.6 Å². The molecule has 0 aromatic heterocycles. The molecule has 2 amide bonds. The van der Waals surface area contributed by atoms with Gasteiger partial charge >= 0.3 is 0 Å². The normalized spacial score (nSPS) is 28.4. The fourth-order valence-corrected chi connectivity index (χ4v) is 7.67. The quantitative estimate of drug-likeness (QED) is 0.362. The van der Waals surface area contributed by atoms with Gasteiger partial charge in [-0.15, -0.1) is 0 Å². The summed E-state index contributed by atoms with van der Waals surface area (Å²) in [6.07, 6.45) is 4.92. The first kappa shape index (κ1) is 29.3. The van der Waals surface area contributed by atoms with Crippen LogP contribution in [0.5, 0.6) is 11.5 Å². The van der Waals surface area contributed by atoms with E-state index in [1.807, 2.05) is 0 Å². The molecular formula is C33H37FN2O7. The van der Waals surface area contributed by atoms with E-state index in [2.05, 4.69) is 5.32 Å². The predicted octanol–water partition coefficient (Wildman–Crippen LogP) is 3.12. The van der Waals surface area contributed by atoms with E-state index in [0.717, 1.165) is 19.3 Å². The van der Waals surface area contributed by atoms with Gasteiger partial charge in [-0.2, -0.15) is 0 Å². The summed E-state index contributed by atoms with van der Waals surface area (Å²) in [5.41, 5.74) is 1.79. The summed E-state index contributed by atoms with van der Waals surface area (Å²) in [6, 6.07) is 8.10. The molecule has 228 valence electrons. The maximum Gasteiger partial charge on any atom is 0.247 e. The van der Waals surface area contributed by atoms with Crippen LogP contribution in [0.4, 0.5) is 4.39 Å². The molecule has 43 heavy (non-hydrogen) atoms. The van der Waals surface area contributed by atoms with Gasteiger partial charge in [0.25, 0.3) is 0 Å². The van der Waals surface area contributed by atoms with Crippen molar-refractivity contribution < 1.29 is 38.5 Å². The smallest absolute Gasteiger partial charge is 0.247 e. The molecule has 2 aromatic carbocycles. The first-order chi connectivity index (χ1) is 20.8. The molecule has 2 bridgehead atoms. The second kappa shape index (κ2) is 12.1. The number of carbonyl (C=O) groups is 3. The molecule has 6 rings (SSSR count). The summed E-state index contributed by atoms with van der Waals surface area (Å²) in [6.45, 7) is -0.157. The Hall–Kier alpha value is -3.76. The average molecular weight is 593 g/mol. The lowest BCUT2D eigenvalue weighted by Gasteiger charge is -2.41. The number of hydrogen-bond acceptors (Lipinski definition) is 7. The second-order valence-corrected chi connectivity index (χ2v) is 12.2. The van der Waals surface area contributed by atoms with Crippen LogP contribution < -0.4 is 14.8 Å². The summed E-state index contributed by atoms with van der Waals surface area (Å²) in [5, 5.41) is 24.0. The summed E-state index contributed by atoms with van der Waals surface area (Å²) in [7, 11) is 1.44. The highest BCUT2D eigenvalue weighted by atomic mass is 19.1. The van der Waals surface area contributed by atoms with Gasteiger partial charge in [-0.3, -0.25) is 14.4 Å². The third-order valence-electron chi connectivity index (χ3n) is 9.68. The SMILES string of the molecule is COc1cc(C=O)cc2c1OC1C2C(C(=O)NCCO)=CC(N(Cc2ccc(F)cc2)C(=O)CC2CC3CCC2C3)C1O. The van der Waals surface area contributed by atoms with E-state index in [0.29, 0.717) is 52.7 Å². The van der Waals surface area contributed by atoms with Gasteiger partial charge in [0.1, 0.15) is 24.3 Å². The maximum absolute atomic E-state index is 14.1. The van der Waals surface area contributed by atoms with Gasteiger partial charge < -0.3 is 29.9 Å². The number of hydrogen-bond donors (Lipinski definition) is 3. The number of benzene rings is 2. The van der Waals surface area contributed by atoms with Crippen molar-refractivity contribution in [1.29, 1.82) is 0 Å². The second-order valence-electron chi connectivity index (χ2n) is 12.2. The van der Waals surface area contributed by atoms with E-state index in [4.69, 9.17) is 9.47 Å². The minimum absolute atomic E-state index is 0.00858. The molecule has 7 atom stereocenters. The predicted molar refractivity (Wildman–Crippen MR) is 154 cm³/mol. The van der Waals surface area contributed by atoms with Crippen LogP contribution in [0.3, 0.4) is 0 Å². The number of amides is 2. The zero-order valence-corrected chi connectivity index (χ0v) is 24.1. The Morgan fingerprint density at radius 2 is 1.98 bits per heavy atom. The zero-order valence-electron chi connectivity index (χ0n) is 24.1. The van der Waals surface area contributed by atoms with Gasteiger partial charge in [0, 0.05) is 36.2 Å². The zero-order chi connectivity index (χ0) is 30.2. The van der Waals surface area contributed by atoms with E-state index >= 15 is 0 Å². The lowest BCUT2D eigenvalue weighted by molar-refractivity contribution is -0.139. The Morgan fingerprint density at radius 1 is 1.19 bits per heavy atom. The largest absolute Gasteiger partial charge is 0.493 e. The lowest BCUT2D eigenvalue weighted by Crippen LogP contribution is -2.55. The standard InChI is InChI=1S/C33H37FN2O7/c1-42-27-13-20(17-38)12-24-29-25(33(41)35-8-9-37)15-26(30(40)32(29)43-31(24)27)36(16-18-3-6-23(34)7-4-18)28(39)14-22-11-19-2-5-21(22)10-19/h3-4,6-7,12-13,15,17,19,21-22,26,29-30,32,37,40H,2,5,8-11,14,16H2,1H3,(H,35,41). The molecule has 9 nitrogen and oxygen atoms in total. The van der Waals surface area contributed by atoms with Crippen LogP contribution in [0.15, 0.2) is 48.0 Å². The summed E-state index contributed by atoms with van der Waals surface area (Å²) >= 11 is 0. The van der Waals surface area contributed by atoms with Crippen LogP contribution in [0.25, 0.3) is 0 Å². The van der Waals surface area contributed by atoms with Crippen molar-refractivity contribution in [3.05, 3.63) is 70.6 Å². The Morgan fingerprint density at radius 3 is 2.63 bits per heavy atom. The van der Waals surface area contributed by atoms with Crippen LogP contribution in [-0.2, 0) is 16.1 Å².